The Labute approximate surface area is 198 Å². The molecule has 0 spiro atoms. The van der Waals surface area contributed by atoms with Crippen LogP contribution < -0.4 is 9.64 Å². The lowest BCUT2D eigenvalue weighted by atomic mass is 10.2. The standard InChI is InChI=1S/C23H26ClN3O2S.ClH/c1-4-26(5-2)14-15-27(22(28)13-10-17-8-6-7-9-19(17)24)23-25-20-12-11-18(29-3)16-21(20)30-23;/h6-13,16H,4-5,14-15H2,1-3H3;1H. The highest BCUT2D eigenvalue weighted by molar-refractivity contribution is 7.22. The maximum absolute atomic E-state index is 13.1. The number of fused-ring (bicyclic) bond motifs is 1. The number of thiazole rings is 1. The molecule has 0 atom stereocenters. The van der Waals surface area contributed by atoms with Gasteiger partial charge in [0, 0.05) is 24.2 Å². The summed E-state index contributed by atoms with van der Waals surface area (Å²) in [6, 6.07) is 13.2. The number of nitrogens with zero attached hydrogens (tertiary/aromatic N) is 3. The van der Waals surface area contributed by atoms with Crippen molar-refractivity contribution in [2.75, 3.05) is 38.2 Å². The Kier molecular flexibility index (Phi) is 9.78. The molecule has 0 saturated carbocycles. The molecule has 1 aromatic heterocycles. The van der Waals surface area contributed by atoms with Crippen molar-refractivity contribution in [1.82, 2.24) is 9.88 Å². The van der Waals surface area contributed by atoms with E-state index in [1.807, 2.05) is 42.5 Å². The number of amides is 1. The van der Waals surface area contributed by atoms with Gasteiger partial charge in [-0.05, 0) is 49.0 Å². The van der Waals surface area contributed by atoms with Crippen LogP contribution in [0.4, 0.5) is 5.13 Å². The van der Waals surface area contributed by atoms with Crippen molar-refractivity contribution in [3.63, 3.8) is 0 Å². The first-order valence-electron chi connectivity index (χ1n) is 9.96. The number of methoxy groups -OCH3 is 1. The summed E-state index contributed by atoms with van der Waals surface area (Å²) in [6.07, 6.45) is 3.32. The Morgan fingerprint density at radius 2 is 1.90 bits per heavy atom. The zero-order valence-electron chi connectivity index (χ0n) is 17.9. The van der Waals surface area contributed by atoms with Gasteiger partial charge >= 0.3 is 0 Å². The van der Waals surface area contributed by atoms with Crippen LogP contribution in [0.15, 0.2) is 48.5 Å². The van der Waals surface area contributed by atoms with E-state index >= 15 is 0 Å². The van der Waals surface area contributed by atoms with Gasteiger partial charge in [-0.1, -0.05) is 55.0 Å². The van der Waals surface area contributed by atoms with Crippen LogP contribution in [-0.2, 0) is 4.79 Å². The highest BCUT2D eigenvalue weighted by atomic mass is 35.5. The molecule has 5 nitrogen and oxygen atoms in total. The fraction of sp³-hybridized carbons (Fsp3) is 0.304. The van der Waals surface area contributed by atoms with Crippen LogP contribution in [0.3, 0.4) is 0 Å². The van der Waals surface area contributed by atoms with Gasteiger partial charge in [0.25, 0.3) is 5.91 Å². The zero-order valence-corrected chi connectivity index (χ0v) is 20.3. The molecule has 3 rings (SSSR count). The Morgan fingerprint density at radius 3 is 2.58 bits per heavy atom. The van der Waals surface area contributed by atoms with Crippen molar-refractivity contribution >= 4 is 62.7 Å². The molecule has 0 saturated heterocycles. The molecule has 2 aromatic carbocycles. The highest BCUT2D eigenvalue weighted by Gasteiger charge is 2.19. The minimum Gasteiger partial charge on any atom is -0.497 e. The molecule has 0 aliphatic heterocycles. The SMILES string of the molecule is CCN(CC)CCN(C(=O)C=Cc1ccccc1Cl)c1nc2ccc(OC)cc2s1.Cl. The molecule has 0 fully saturated rings. The third kappa shape index (κ3) is 6.43. The number of hydrogen-bond donors (Lipinski definition) is 0. The van der Waals surface area contributed by atoms with Crippen molar-refractivity contribution < 1.29 is 9.53 Å². The monoisotopic (exact) mass is 479 g/mol. The molecule has 0 aliphatic rings. The Balaban J connectivity index is 0.00000341. The average Bonchev–Trinajstić information content (AvgIpc) is 3.18. The molecule has 0 bridgehead atoms. The zero-order chi connectivity index (χ0) is 21.5. The molecule has 0 radical (unpaired) electrons. The lowest BCUT2D eigenvalue weighted by Crippen LogP contribution is -2.38. The first-order chi connectivity index (χ1) is 14.5. The van der Waals surface area contributed by atoms with Crippen molar-refractivity contribution in [1.29, 1.82) is 0 Å². The molecular formula is C23H27Cl2N3O2S. The first kappa shape index (κ1) is 25.1. The summed E-state index contributed by atoms with van der Waals surface area (Å²) in [5, 5.41) is 1.29. The van der Waals surface area contributed by atoms with E-state index in [2.05, 4.69) is 18.7 Å². The fourth-order valence-electron chi connectivity index (χ4n) is 3.08. The van der Waals surface area contributed by atoms with Gasteiger partial charge in [0.05, 0.1) is 17.3 Å². The molecule has 31 heavy (non-hydrogen) atoms. The van der Waals surface area contributed by atoms with Crippen LogP contribution in [0.2, 0.25) is 5.02 Å². The summed E-state index contributed by atoms with van der Waals surface area (Å²) in [7, 11) is 1.64. The smallest absolute Gasteiger partial charge is 0.252 e. The lowest BCUT2D eigenvalue weighted by molar-refractivity contribution is -0.114. The van der Waals surface area contributed by atoms with Crippen molar-refractivity contribution in [2.45, 2.75) is 13.8 Å². The molecule has 3 aromatic rings. The summed E-state index contributed by atoms with van der Waals surface area (Å²) < 4.78 is 6.30. The second kappa shape index (κ2) is 12.1. The average molecular weight is 480 g/mol. The van der Waals surface area contributed by atoms with Crippen LogP contribution >= 0.6 is 35.3 Å². The summed E-state index contributed by atoms with van der Waals surface area (Å²) >= 11 is 7.71. The van der Waals surface area contributed by atoms with Crippen LogP contribution in [-0.4, -0.2) is 49.1 Å². The van der Waals surface area contributed by atoms with Crippen LogP contribution in [0.5, 0.6) is 5.75 Å². The van der Waals surface area contributed by atoms with E-state index in [4.69, 9.17) is 21.3 Å². The van der Waals surface area contributed by atoms with E-state index < -0.39 is 0 Å². The molecule has 0 unspecified atom stereocenters. The highest BCUT2D eigenvalue weighted by Crippen LogP contribution is 2.31. The first-order valence-corrected chi connectivity index (χ1v) is 11.2. The summed E-state index contributed by atoms with van der Waals surface area (Å²) in [5.41, 5.74) is 1.66. The minimum atomic E-state index is -0.118. The third-order valence-corrected chi connectivity index (χ3v) is 6.31. The number of aromatic nitrogens is 1. The van der Waals surface area contributed by atoms with Crippen molar-refractivity contribution in [3.8, 4) is 5.75 Å². The minimum absolute atomic E-state index is 0. The predicted molar refractivity (Wildman–Crippen MR) is 134 cm³/mol. The topological polar surface area (TPSA) is 45.7 Å². The van der Waals surface area contributed by atoms with Gasteiger partial charge < -0.3 is 9.64 Å². The number of carbonyl (C=O) groups is 1. The third-order valence-electron chi connectivity index (χ3n) is 4.93. The van der Waals surface area contributed by atoms with E-state index in [0.29, 0.717) is 16.7 Å². The largest absolute Gasteiger partial charge is 0.497 e. The summed E-state index contributed by atoms with van der Waals surface area (Å²) in [5.74, 6) is 0.658. The van der Waals surface area contributed by atoms with Gasteiger partial charge in [-0.15, -0.1) is 12.4 Å². The molecule has 166 valence electrons. The molecule has 1 amide bonds. The number of rotatable bonds is 9. The second-order valence-corrected chi connectivity index (χ2v) is 8.12. The fourth-order valence-corrected chi connectivity index (χ4v) is 4.30. The number of ether oxygens (including phenoxy) is 1. The summed E-state index contributed by atoms with van der Waals surface area (Å²) in [4.78, 5) is 21.9. The maximum atomic E-state index is 13.1. The van der Waals surface area contributed by atoms with E-state index in [9.17, 15) is 4.79 Å². The number of anilines is 1. The van der Waals surface area contributed by atoms with Gasteiger partial charge in [0.15, 0.2) is 5.13 Å². The lowest BCUT2D eigenvalue weighted by Gasteiger charge is -2.23. The molecule has 0 aliphatic carbocycles. The van der Waals surface area contributed by atoms with Gasteiger partial charge in [-0.2, -0.15) is 0 Å². The Morgan fingerprint density at radius 1 is 1.16 bits per heavy atom. The maximum Gasteiger partial charge on any atom is 0.252 e. The number of likely N-dealkylation sites (N-methyl/N-ethyl adjacent to an activating group) is 1. The normalized spacial score (nSPS) is 11.1. The van der Waals surface area contributed by atoms with Crippen LogP contribution in [0, 0.1) is 0 Å². The van der Waals surface area contributed by atoms with E-state index in [1.165, 1.54) is 11.3 Å². The molecule has 8 heteroatoms. The Bertz CT molecular complexity index is 1030. The quantitative estimate of drug-likeness (QED) is 0.365. The van der Waals surface area contributed by atoms with Gasteiger partial charge in [0.2, 0.25) is 0 Å². The Hall–Kier alpha value is -2.12. The predicted octanol–water partition coefficient (Wildman–Crippen LogP) is 5.77. The molecule has 0 N–H and O–H groups in total. The number of carbonyl (C=O) groups excluding carboxylic acids is 1. The number of hydrogen-bond acceptors (Lipinski definition) is 5. The van der Waals surface area contributed by atoms with Gasteiger partial charge in [-0.25, -0.2) is 4.98 Å². The number of halogens is 2. The number of benzene rings is 2. The van der Waals surface area contributed by atoms with Gasteiger partial charge in [-0.3, -0.25) is 9.69 Å². The van der Waals surface area contributed by atoms with Crippen LogP contribution in [0.25, 0.3) is 16.3 Å². The van der Waals surface area contributed by atoms with Crippen molar-refractivity contribution in [2.24, 2.45) is 0 Å². The van der Waals surface area contributed by atoms with Crippen LogP contribution in [0.1, 0.15) is 19.4 Å². The second-order valence-electron chi connectivity index (χ2n) is 6.70. The summed E-state index contributed by atoms with van der Waals surface area (Å²) in [6.45, 7) is 7.45. The van der Waals surface area contributed by atoms with E-state index in [1.54, 1.807) is 24.2 Å². The molecule has 1 heterocycles. The molecular weight excluding hydrogens is 453 g/mol. The van der Waals surface area contributed by atoms with Crippen molar-refractivity contribution in [3.05, 3.63) is 59.1 Å². The van der Waals surface area contributed by atoms with E-state index in [0.717, 1.165) is 41.2 Å². The van der Waals surface area contributed by atoms with E-state index in [-0.39, 0.29) is 18.3 Å². The van der Waals surface area contributed by atoms with Gasteiger partial charge in [0.1, 0.15) is 5.75 Å².